The minimum Gasteiger partial charge on any atom is -0.322 e. The van der Waals surface area contributed by atoms with Crippen LogP contribution in [0, 0.1) is 11.7 Å². The van der Waals surface area contributed by atoms with Crippen LogP contribution in [0.25, 0.3) is 0 Å². The van der Waals surface area contributed by atoms with Crippen molar-refractivity contribution >= 4 is 39.9 Å². The molecule has 1 fully saturated rings. The molecular formula is C16H24BrClFN3O. The lowest BCUT2D eigenvalue weighted by Crippen LogP contribution is -2.41. The molecule has 0 aliphatic carbocycles. The molecule has 2 rings (SSSR count). The van der Waals surface area contributed by atoms with E-state index in [0.717, 1.165) is 39.0 Å². The number of benzene rings is 1. The van der Waals surface area contributed by atoms with Crippen molar-refractivity contribution in [2.45, 2.75) is 19.8 Å². The van der Waals surface area contributed by atoms with Crippen molar-refractivity contribution in [3.8, 4) is 0 Å². The van der Waals surface area contributed by atoms with Gasteiger partial charge >= 0.3 is 0 Å². The Morgan fingerprint density at radius 1 is 1.39 bits per heavy atom. The fraction of sp³-hybridized carbons (Fsp3) is 0.562. The van der Waals surface area contributed by atoms with Gasteiger partial charge in [-0.05, 0) is 63.1 Å². The summed E-state index contributed by atoms with van der Waals surface area (Å²) >= 11 is 3.20. The van der Waals surface area contributed by atoms with Crippen molar-refractivity contribution in [1.82, 2.24) is 10.2 Å². The molecule has 1 heterocycles. The van der Waals surface area contributed by atoms with Crippen molar-refractivity contribution in [2.24, 2.45) is 5.92 Å². The highest BCUT2D eigenvalue weighted by Crippen LogP contribution is 2.20. The summed E-state index contributed by atoms with van der Waals surface area (Å²) in [6, 6.07) is 4.63. The minimum absolute atomic E-state index is 0. The Kier molecular flexibility index (Phi) is 9.06. The van der Waals surface area contributed by atoms with Gasteiger partial charge in [0.05, 0.1) is 12.2 Å². The fourth-order valence-electron chi connectivity index (χ4n) is 2.68. The van der Waals surface area contributed by atoms with E-state index < -0.39 is 5.82 Å². The van der Waals surface area contributed by atoms with Gasteiger partial charge in [0.15, 0.2) is 0 Å². The maximum Gasteiger partial charge on any atom is 0.238 e. The number of anilines is 1. The third-order valence-electron chi connectivity index (χ3n) is 3.96. The van der Waals surface area contributed by atoms with Gasteiger partial charge in [-0.15, -0.1) is 12.4 Å². The van der Waals surface area contributed by atoms with Gasteiger partial charge in [0.1, 0.15) is 5.82 Å². The van der Waals surface area contributed by atoms with Gasteiger partial charge < -0.3 is 10.6 Å². The third kappa shape index (κ3) is 6.75. The lowest BCUT2D eigenvalue weighted by atomic mass is 9.97. The number of likely N-dealkylation sites (tertiary alicyclic amines) is 1. The van der Waals surface area contributed by atoms with Crippen LogP contribution in [-0.4, -0.2) is 43.5 Å². The maximum atomic E-state index is 13.7. The van der Waals surface area contributed by atoms with Gasteiger partial charge in [-0.1, -0.05) is 22.9 Å². The van der Waals surface area contributed by atoms with E-state index in [4.69, 9.17) is 0 Å². The molecule has 4 nitrogen and oxygen atoms in total. The molecule has 1 saturated heterocycles. The third-order valence-corrected chi connectivity index (χ3v) is 4.46. The van der Waals surface area contributed by atoms with E-state index >= 15 is 0 Å². The van der Waals surface area contributed by atoms with Gasteiger partial charge in [0.2, 0.25) is 5.91 Å². The highest BCUT2D eigenvalue weighted by atomic mass is 79.9. The summed E-state index contributed by atoms with van der Waals surface area (Å²) in [5, 5.41) is 6.02. The quantitative estimate of drug-likeness (QED) is 0.759. The smallest absolute Gasteiger partial charge is 0.238 e. The number of amides is 1. The van der Waals surface area contributed by atoms with E-state index in [-0.39, 0.29) is 24.0 Å². The topological polar surface area (TPSA) is 44.4 Å². The summed E-state index contributed by atoms with van der Waals surface area (Å²) in [4.78, 5) is 14.2. The average Bonchev–Trinajstić information content (AvgIpc) is 2.49. The lowest BCUT2D eigenvalue weighted by Gasteiger charge is -2.31. The number of carbonyl (C=O) groups is 1. The largest absolute Gasteiger partial charge is 0.322 e. The summed E-state index contributed by atoms with van der Waals surface area (Å²) < 4.78 is 14.4. The molecule has 1 amide bonds. The molecule has 0 aromatic heterocycles. The number of piperidine rings is 1. The molecule has 1 aliphatic heterocycles. The van der Waals surface area contributed by atoms with E-state index in [2.05, 4.69) is 38.4 Å². The van der Waals surface area contributed by atoms with Crippen molar-refractivity contribution < 1.29 is 9.18 Å². The number of carbonyl (C=O) groups excluding carboxylic acids is 1. The normalized spacial score (nSPS) is 16.0. The minimum atomic E-state index is -0.424. The number of rotatable bonds is 6. The lowest BCUT2D eigenvalue weighted by molar-refractivity contribution is -0.117. The van der Waals surface area contributed by atoms with Gasteiger partial charge in [0, 0.05) is 4.47 Å². The van der Waals surface area contributed by atoms with Crippen LogP contribution in [0.3, 0.4) is 0 Å². The summed E-state index contributed by atoms with van der Waals surface area (Å²) in [6.45, 7) is 6.34. The average molecular weight is 409 g/mol. The van der Waals surface area contributed by atoms with E-state index in [1.165, 1.54) is 6.07 Å². The Morgan fingerprint density at radius 2 is 2.09 bits per heavy atom. The predicted molar refractivity (Wildman–Crippen MR) is 97.7 cm³/mol. The Bertz CT molecular complexity index is 510. The summed E-state index contributed by atoms with van der Waals surface area (Å²) in [7, 11) is 0. The van der Waals surface area contributed by atoms with Crippen molar-refractivity contribution in [2.75, 3.05) is 38.0 Å². The molecule has 1 aromatic rings. The zero-order valence-electron chi connectivity index (χ0n) is 13.3. The molecule has 1 aliphatic rings. The molecule has 0 unspecified atom stereocenters. The van der Waals surface area contributed by atoms with Crippen LogP contribution < -0.4 is 10.6 Å². The molecular weight excluding hydrogens is 385 g/mol. The second-order valence-electron chi connectivity index (χ2n) is 5.70. The van der Waals surface area contributed by atoms with Crippen molar-refractivity contribution in [1.29, 1.82) is 0 Å². The van der Waals surface area contributed by atoms with Crippen LogP contribution in [0.15, 0.2) is 22.7 Å². The molecule has 0 radical (unpaired) electrons. The first kappa shape index (κ1) is 20.4. The Morgan fingerprint density at radius 3 is 2.70 bits per heavy atom. The van der Waals surface area contributed by atoms with E-state index in [1.54, 1.807) is 12.1 Å². The molecule has 0 bridgehead atoms. The molecule has 1 aromatic carbocycles. The number of halogens is 3. The molecule has 0 spiro atoms. The summed E-state index contributed by atoms with van der Waals surface area (Å²) in [5.41, 5.74) is 0.232. The highest BCUT2D eigenvalue weighted by Gasteiger charge is 2.20. The molecule has 2 N–H and O–H groups in total. The zero-order chi connectivity index (χ0) is 15.9. The maximum absolute atomic E-state index is 13.7. The Balaban J connectivity index is 0.00000264. The zero-order valence-corrected chi connectivity index (χ0v) is 15.7. The number of hydrogen-bond donors (Lipinski definition) is 2. The molecule has 0 atom stereocenters. The second-order valence-corrected chi connectivity index (χ2v) is 6.62. The first-order valence-corrected chi connectivity index (χ1v) is 8.55. The standard InChI is InChI=1S/C16H23BrFN3O.ClH/c1-2-19-10-12-5-7-21(8-6-12)11-16(22)20-15-4-3-13(17)9-14(15)18;/h3-4,9,12,19H,2,5-8,10-11H2,1H3,(H,20,22);1H. The SMILES string of the molecule is CCNCC1CCN(CC(=O)Nc2ccc(Br)cc2F)CC1.Cl. The van der Waals surface area contributed by atoms with Crippen molar-refractivity contribution in [3.63, 3.8) is 0 Å². The van der Waals surface area contributed by atoms with E-state index in [9.17, 15) is 9.18 Å². The van der Waals surface area contributed by atoms with Crippen LogP contribution in [-0.2, 0) is 4.79 Å². The van der Waals surface area contributed by atoms with E-state index in [1.807, 2.05) is 0 Å². The van der Waals surface area contributed by atoms with Gasteiger partial charge in [-0.25, -0.2) is 4.39 Å². The molecule has 23 heavy (non-hydrogen) atoms. The molecule has 130 valence electrons. The van der Waals surface area contributed by atoms with Gasteiger partial charge in [-0.2, -0.15) is 0 Å². The van der Waals surface area contributed by atoms with Gasteiger partial charge in [-0.3, -0.25) is 9.69 Å². The summed E-state index contributed by atoms with van der Waals surface area (Å²) in [6.07, 6.45) is 2.21. The van der Waals surface area contributed by atoms with Gasteiger partial charge in [0.25, 0.3) is 0 Å². The van der Waals surface area contributed by atoms with Crippen LogP contribution >= 0.6 is 28.3 Å². The Labute approximate surface area is 151 Å². The second kappa shape index (κ2) is 10.2. The Hall–Kier alpha value is -0.690. The number of nitrogens with one attached hydrogen (secondary N) is 2. The molecule has 7 heteroatoms. The first-order valence-electron chi connectivity index (χ1n) is 7.76. The highest BCUT2D eigenvalue weighted by molar-refractivity contribution is 9.10. The molecule has 0 saturated carbocycles. The first-order chi connectivity index (χ1) is 10.6. The van der Waals surface area contributed by atoms with Crippen LogP contribution in [0.5, 0.6) is 0 Å². The van der Waals surface area contributed by atoms with Crippen molar-refractivity contribution in [3.05, 3.63) is 28.5 Å². The number of nitrogens with zero attached hydrogens (tertiary/aromatic N) is 1. The predicted octanol–water partition coefficient (Wildman–Crippen LogP) is 3.27. The van der Waals surface area contributed by atoms with E-state index in [0.29, 0.717) is 16.9 Å². The van der Waals surface area contributed by atoms with Crippen LogP contribution in [0.1, 0.15) is 19.8 Å². The monoisotopic (exact) mass is 407 g/mol. The summed E-state index contributed by atoms with van der Waals surface area (Å²) in [5.74, 6) is 0.113. The fourth-order valence-corrected chi connectivity index (χ4v) is 3.01. The number of hydrogen-bond acceptors (Lipinski definition) is 3. The van der Waals surface area contributed by atoms with Crippen LogP contribution in [0.4, 0.5) is 10.1 Å². The van der Waals surface area contributed by atoms with Crippen LogP contribution in [0.2, 0.25) is 0 Å².